The molecule has 0 aliphatic carbocycles. The highest BCUT2D eigenvalue weighted by molar-refractivity contribution is 5.67. The molecule has 1 unspecified atom stereocenters. The molecule has 1 heterocycles. The highest BCUT2D eigenvalue weighted by atomic mass is 16.5. The lowest BCUT2D eigenvalue weighted by atomic mass is 10.1. The summed E-state index contributed by atoms with van der Waals surface area (Å²) in [5.41, 5.74) is 8.60. The Bertz CT molecular complexity index is 336. The first-order chi connectivity index (χ1) is 6.16. The maximum Gasteiger partial charge on any atom is 0.145 e. The van der Waals surface area contributed by atoms with Crippen LogP contribution >= 0.6 is 0 Å². The van der Waals surface area contributed by atoms with E-state index in [4.69, 9.17) is 10.5 Å². The van der Waals surface area contributed by atoms with Crippen molar-refractivity contribution in [2.45, 2.75) is 20.0 Å². The first kappa shape index (κ1) is 8.23. The molecule has 0 spiro atoms. The van der Waals surface area contributed by atoms with Crippen molar-refractivity contribution < 1.29 is 4.74 Å². The van der Waals surface area contributed by atoms with Crippen LogP contribution in [0.5, 0.6) is 5.75 Å². The first-order valence-corrected chi connectivity index (χ1v) is 4.47. The summed E-state index contributed by atoms with van der Waals surface area (Å²) in [5.74, 6) is 0.938. The molecule has 0 radical (unpaired) electrons. The fourth-order valence-electron chi connectivity index (χ4n) is 1.59. The van der Waals surface area contributed by atoms with Crippen molar-refractivity contribution in [2.75, 3.05) is 17.6 Å². The molecular weight excluding hydrogens is 164 g/mol. The topological polar surface area (TPSA) is 47.3 Å². The van der Waals surface area contributed by atoms with E-state index in [1.165, 1.54) is 0 Å². The molecule has 0 saturated heterocycles. The quantitative estimate of drug-likeness (QED) is 0.595. The fourth-order valence-corrected chi connectivity index (χ4v) is 1.59. The molecule has 0 fully saturated rings. The Morgan fingerprint density at radius 3 is 3.08 bits per heavy atom. The number of aryl methyl sites for hydroxylation is 1. The fraction of sp³-hybridized carbons (Fsp3) is 0.400. The van der Waals surface area contributed by atoms with Gasteiger partial charge in [0.2, 0.25) is 0 Å². The molecule has 13 heavy (non-hydrogen) atoms. The van der Waals surface area contributed by atoms with Gasteiger partial charge < -0.3 is 15.8 Å². The molecular formula is C10H14N2O. The van der Waals surface area contributed by atoms with E-state index in [9.17, 15) is 0 Å². The number of hydrogen-bond acceptors (Lipinski definition) is 3. The summed E-state index contributed by atoms with van der Waals surface area (Å²) in [5, 5.41) is 3.29. The van der Waals surface area contributed by atoms with Crippen molar-refractivity contribution in [3.63, 3.8) is 0 Å². The largest absolute Gasteiger partial charge is 0.486 e. The summed E-state index contributed by atoms with van der Waals surface area (Å²) >= 11 is 0. The molecule has 1 aliphatic rings. The minimum atomic E-state index is 0.231. The minimum absolute atomic E-state index is 0.231. The first-order valence-electron chi connectivity index (χ1n) is 4.47. The van der Waals surface area contributed by atoms with Gasteiger partial charge in [0.05, 0.1) is 12.2 Å². The van der Waals surface area contributed by atoms with E-state index in [-0.39, 0.29) is 6.10 Å². The van der Waals surface area contributed by atoms with E-state index in [1.807, 2.05) is 26.0 Å². The number of nitrogens with one attached hydrogen (secondary N) is 1. The monoisotopic (exact) mass is 178 g/mol. The summed E-state index contributed by atoms with van der Waals surface area (Å²) in [7, 11) is 0. The van der Waals surface area contributed by atoms with Gasteiger partial charge in [0.1, 0.15) is 11.9 Å². The van der Waals surface area contributed by atoms with Gasteiger partial charge in [0.15, 0.2) is 0 Å². The molecule has 3 heteroatoms. The summed E-state index contributed by atoms with van der Waals surface area (Å²) in [6.45, 7) is 4.90. The van der Waals surface area contributed by atoms with Gasteiger partial charge in [0.25, 0.3) is 0 Å². The van der Waals surface area contributed by atoms with Crippen LogP contribution in [0, 0.1) is 6.92 Å². The van der Waals surface area contributed by atoms with Crippen LogP contribution in [0.1, 0.15) is 12.5 Å². The molecule has 1 aromatic rings. The standard InChI is InChI=1S/C10H14N2O/c1-6-3-8(11)4-9-10(6)13-7(2)5-12-9/h3-4,7,12H,5,11H2,1-2H3. The molecule has 2 rings (SSSR count). The van der Waals surface area contributed by atoms with Crippen LogP contribution in [-0.4, -0.2) is 12.6 Å². The van der Waals surface area contributed by atoms with E-state index in [2.05, 4.69) is 5.32 Å². The van der Waals surface area contributed by atoms with Gasteiger partial charge in [-0.3, -0.25) is 0 Å². The van der Waals surface area contributed by atoms with Crippen LogP contribution in [0.4, 0.5) is 11.4 Å². The Balaban J connectivity index is 2.47. The summed E-state index contributed by atoms with van der Waals surface area (Å²) < 4.78 is 5.70. The minimum Gasteiger partial charge on any atom is -0.486 e. The molecule has 0 bridgehead atoms. The second kappa shape index (κ2) is 2.83. The molecule has 3 N–H and O–H groups in total. The lowest BCUT2D eigenvalue weighted by molar-refractivity contribution is 0.224. The molecule has 1 aliphatic heterocycles. The van der Waals surface area contributed by atoms with Gasteiger partial charge in [0, 0.05) is 5.69 Å². The zero-order valence-corrected chi connectivity index (χ0v) is 7.92. The van der Waals surface area contributed by atoms with Crippen molar-refractivity contribution in [3.8, 4) is 5.75 Å². The third-order valence-electron chi connectivity index (χ3n) is 2.20. The smallest absolute Gasteiger partial charge is 0.145 e. The predicted octanol–water partition coefficient (Wildman–Crippen LogP) is 1.77. The number of fused-ring (bicyclic) bond motifs is 1. The number of benzene rings is 1. The van der Waals surface area contributed by atoms with E-state index in [1.54, 1.807) is 0 Å². The third kappa shape index (κ3) is 1.41. The second-order valence-corrected chi connectivity index (χ2v) is 3.52. The molecule has 1 aromatic carbocycles. The molecule has 1 atom stereocenters. The Morgan fingerprint density at radius 1 is 1.54 bits per heavy atom. The number of anilines is 2. The number of nitrogen functional groups attached to an aromatic ring is 1. The van der Waals surface area contributed by atoms with Crippen molar-refractivity contribution in [1.29, 1.82) is 0 Å². The van der Waals surface area contributed by atoms with Crippen LogP contribution < -0.4 is 15.8 Å². The van der Waals surface area contributed by atoms with Gasteiger partial charge in [-0.05, 0) is 31.5 Å². The van der Waals surface area contributed by atoms with Gasteiger partial charge in [-0.25, -0.2) is 0 Å². The second-order valence-electron chi connectivity index (χ2n) is 3.52. The zero-order valence-electron chi connectivity index (χ0n) is 7.92. The van der Waals surface area contributed by atoms with Crippen LogP contribution in [0.15, 0.2) is 12.1 Å². The van der Waals surface area contributed by atoms with Gasteiger partial charge in [-0.1, -0.05) is 0 Å². The van der Waals surface area contributed by atoms with Gasteiger partial charge >= 0.3 is 0 Å². The average molecular weight is 178 g/mol. The Labute approximate surface area is 77.9 Å². The van der Waals surface area contributed by atoms with Crippen molar-refractivity contribution >= 4 is 11.4 Å². The predicted molar refractivity (Wildman–Crippen MR) is 54.2 cm³/mol. The Morgan fingerprint density at radius 2 is 2.31 bits per heavy atom. The van der Waals surface area contributed by atoms with Crippen LogP contribution in [0.25, 0.3) is 0 Å². The highest BCUT2D eigenvalue weighted by Crippen LogP contribution is 2.34. The maximum atomic E-state index is 5.72. The summed E-state index contributed by atoms with van der Waals surface area (Å²) in [6.07, 6.45) is 0.231. The van der Waals surface area contributed by atoms with Crippen molar-refractivity contribution in [3.05, 3.63) is 17.7 Å². The SMILES string of the molecule is Cc1cc(N)cc2c1OC(C)CN2. The van der Waals surface area contributed by atoms with E-state index < -0.39 is 0 Å². The zero-order chi connectivity index (χ0) is 9.42. The summed E-state index contributed by atoms with van der Waals surface area (Å²) in [6, 6.07) is 3.84. The number of ether oxygens (including phenoxy) is 1. The molecule has 0 amide bonds. The lowest BCUT2D eigenvalue weighted by Gasteiger charge is -2.26. The normalized spacial score (nSPS) is 20.0. The van der Waals surface area contributed by atoms with Crippen LogP contribution in [-0.2, 0) is 0 Å². The average Bonchev–Trinajstić information content (AvgIpc) is 2.06. The van der Waals surface area contributed by atoms with E-state index >= 15 is 0 Å². The Kier molecular flexibility index (Phi) is 1.79. The van der Waals surface area contributed by atoms with Crippen LogP contribution in [0.2, 0.25) is 0 Å². The number of hydrogen-bond donors (Lipinski definition) is 2. The van der Waals surface area contributed by atoms with Crippen LogP contribution in [0.3, 0.4) is 0 Å². The third-order valence-corrected chi connectivity index (χ3v) is 2.20. The maximum absolute atomic E-state index is 5.72. The molecule has 3 nitrogen and oxygen atoms in total. The highest BCUT2D eigenvalue weighted by Gasteiger charge is 2.17. The van der Waals surface area contributed by atoms with E-state index in [0.29, 0.717) is 0 Å². The van der Waals surface area contributed by atoms with Crippen molar-refractivity contribution in [2.24, 2.45) is 0 Å². The summed E-state index contributed by atoms with van der Waals surface area (Å²) in [4.78, 5) is 0. The number of rotatable bonds is 0. The number of nitrogens with two attached hydrogens (primary N) is 1. The molecule has 0 saturated carbocycles. The molecule has 70 valence electrons. The van der Waals surface area contributed by atoms with Crippen molar-refractivity contribution in [1.82, 2.24) is 0 Å². The van der Waals surface area contributed by atoms with Gasteiger partial charge in [-0.15, -0.1) is 0 Å². The van der Waals surface area contributed by atoms with E-state index in [0.717, 1.165) is 29.2 Å². The lowest BCUT2D eigenvalue weighted by Crippen LogP contribution is -2.28. The van der Waals surface area contributed by atoms with Gasteiger partial charge in [-0.2, -0.15) is 0 Å². The Hall–Kier alpha value is -1.38. The molecule has 0 aromatic heterocycles.